The Morgan fingerprint density at radius 2 is 1.58 bits per heavy atom. The highest BCUT2D eigenvalue weighted by molar-refractivity contribution is 5.60. The molecule has 24 heavy (non-hydrogen) atoms. The first-order valence-electron chi connectivity index (χ1n) is 7.58. The van der Waals surface area contributed by atoms with Crippen LogP contribution in [-0.4, -0.2) is 22.3 Å². The van der Waals surface area contributed by atoms with Crippen molar-refractivity contribution in [1.82, 2.24) is 15.2 Å². The Bertz CT molecular complexity index is 813. The minimum absolute atomic E-state index is 0.443. The van der Waals surface area contributed by atoms with E-state index >= 15 is 0 Å². The Morgan fingerprint density at radius 1 is 0.875 bits per heavy atom. The molecule has 0 radical (unpaired) electrons. The zero-order valence-corrected chi connectivity index (χ0v) is 13.9. The number of hydrogen-bond acceptors (Lipinski definition) is 6. The van der Waals surface area contributed by atoms with Crippen LogP contribution in [0.5, 0.6) is 5.75 Å². The third-order valence-corrected chi connectivity index (χ3v) is 3.40. The van der Waals surface area contributed by atoms with Gasteiger partial charge in [0, 0.05) is 11.4 Å². The first-order chi connectivity index (χ1) is 11.6. The molecule has 0 spiro atoms. The number of hydrogen-bond donors (Lipinski definition) is 2. The molecule has 0 unspecified atom stereocenters. The molecule has 1 heterocycles. The van der Waals surface area contributed by atoms with Gasteiger partial charge in [-0.1, -0.05) is 6.07 Å². The lowest BCUT2D eigenvalue weighted by atomic mass is 10.1. The smallest absolute Gasteiger partial charge is 0.249 e. The number of aromatic nitrogens is 3. The topological polar surface area (TPSA) is 72.0 Å². The van der Waals surface area contributed by atoms with Crippen LogP contribution in [0.1, 0.15) is 11.1 Å². The second-order valence-corrected chi connectivity index (χ2v) is 5.52. The van der Waals surface area contributed by atoms with Gasteiger partial charge in [0.1, 0.15) is 5.75 Å². The summed E-state index contributed by atoms with van der Waals surface area (Å²) in [6.07, 6.45) is 1.58. The third-order valence-electron chi connectivity index (χ3n) is 3.40. The predicted molar refractivity (Wildman–Crippen MR) is 95.3 cm³/mol. The number of nitrogens with one attached hydrogen (secondary N) is 2. The number of aryl methyl sites for hydroxylation is 2. The first kappa shape index (κ1) is 15.7. The molecule has 0 saturated heterocycles. The van der Waals surface area contributed by atoms with E-state index in [0.29, 0.717) is 11.8 Å². The fourth-order valence-electron chi connectivity index (χ4n) is 2.41. The van der Waals surface area contributed by atoms with Gasteiger partial charge in [-0.15, -0.1) is 5.10 Å². The van der Waals surface area contributed by atoms with Gasteiger partial charge in [-0.05, 0) is 61.4 Å². The van der Waals surface area contributed by atoms with E-state index in [4.69, 9.17) is 4.74 Å². The van der Waals surface area contributed by atoms with Crippen LogP contribution >= 0.6 is 0 Å². The van der Waals surface area contributed by atoms with Crippen LogP contribution in [0.3, 0.4) is 0 Å². The summed E-state index contributed by atoms with van der Waals surface area (Å²) < 4.78 is 5.15. The van der Waals surface area contributed by atoms with Crippen molar-refractivity contribution in [2.75, 3.05) is 17.7 Å². The molecule has 6 nitrogen and oxygen atoms in total. The Kier molecular flexibility index (Phi) is 4.56. The molecule has 0 aliphatic rings. The summed E-state index contributed by atoms with van der Waals surface area (Å²) in [6, 6.07) is 13.8. The molecule has 3 aromatic rings. The van der Waals surface area contributed by atoms with Crippen molar-refractivity contribution in [3.8, 4) is 5.75 Å². The highest BCUT2D eigenvalue weighted by Crippen LogP contribution is 2.20. The van der Waals surface area contributed by atoms with Crippen LogP contribution in [0.2, 0.25) is 0 Å². The maximum absolute atomic E-state index is 5.15. The van der Waals surface area contributed by atoms with Crippen LogP contribution in [0.15, 0.2) is 48.7 Å². The zero-order chi connectivity index (χ0) is 16.9. The molecule has 122 valence electrons. The van der Waals surface area contributed by atoms with Gasteiger partial charge >= 0.3 is 0 Å². The number of ether oxygens (including phenoxy) is 1. The Labute approximate surface area is 140 Å². The summed E-state index contributed by atoms with van der Waals surface area (Å²) >= 11 is 0. The highest BCUT2D eigenvalue weighted by atomic mass is 16.5. The van der Waals surface area contributed by atoms with Gasteiger partial charge in [0.15, 0.2) is 5.82 Å². The summed E-state index contributed by atoms with van der Waals surface area (Å²) in [6.45, 7) is 4.11. The van der Waals surface area contributed by atoms with Crippen LogP contribution in [0, 0.1) is 13.8 Å². The van der Waals surface area contributed by atoms with Gasteiger partial charge in [-0.3, -0.25) is 0 Å². The van der Waals surface area contributed by atoms with Gasteiger partial charge in [0.2, 0.25) is 5.95 Å². The van der Waals surface area contributed by atoms with Crippen molar-refractivity contribution >= 4 is 23.1 Å². The molecule has 0 aliphatic carbocycles. The van der Waals surface area contributed by atoms with Crippen molar-refractivity contribution in [3.63, 3.8) is 0 Å². The molecule has 6 heteroatoms. The number of methoxy groups -OCH3 is 1. The second-order valence-electron chi connectivity index (χ2n) is 5.52. The lowest BCUT2D eigenvalue weighted by Crippen LogP contribution is -2.02. The van der Waals surface area contributed by atoms with Crippen LogP contribution in [-0.2, 0) is 0 Å². The lowest BCUT2D eigenvalue weighted by molar-refractivity contribution is 0.415. The number of nitrogens with zero attached hydrogens (tertiary/aromatic N) is 3. The Balaban J connectivity index is 1.75. The zero-order valence-electron chi connectivity index (χ0n) is 13.9. The molecule has 2 N–H and O–H groups in total. The predicted octanol–water partition coefficient (Wildman–Crippen LogP) is 3.98. The van der Waals surface area contributed by atoms with Gasteiger partial charge in [-0.25, -0.2) is 0 Å². The first-order valence-corrected chi connectivity index (χ1v) is 7.58. The Morgan fingerprint density at radius 3 is 2.25 bits per heavy atom. The number of anilines is 4. The van der Waals surface area contributed by atoms with E-state index in [2.05, 4.69) is 45.7 Å². The molecular weight excluding hydrogens is 302 g/mol. The maximum atomic E-state index is 5.15. The van der Waals surface area contributed by atoms with Crippen molar-refractivity contribution < 1.29 is 4.74 Å². The van der Waals surface area contributed by atoms with Crippen molar-refractivity contribution in [2.24, 2.45) is 0 Å². The van der Waals surface area contributed by atoms with Crippen molar-refractivity contribution in [3.05, 3.63) is 59.8 Å². The summed E-state index contributed by atoms with van der Waals surface area (Å²) in [5.74, 6) is 1.86. The summed E-state index contributed by atoms with van der Waals surface area (Å²) in [7, 11) is 1.64. The van der Waals surface area contributed by atoms with Crippen LogP contribution in [0.4, 0.5) is 23.1 Å². The molecule has 0 aliphatic heterocycles. The molecular formula is C18H19N5O. The normalized spacial score (nSPS) is 10.3. The summed E-state index contributed by atoms with van der Waals surface area (Å²) in [5, 5.41) is 14.4. The van der Waals surface area contributed by atoms with Gasteiger partial charge < -0.3 is 15.4 Å². The summed E-state index contributed by atoms with van der Waals surface area (Å²) in [5.41, 5.74) is 4.19. The fourth-order valence-corrected chi connectivity index (χ4v) is 2.41. The van der Waals surface area contributed by atoms with Crippen molar-refractivity contribution in [2.45, 2.75) is 13.8 Å². The monoisotopic (exact) mass is 321 g/mol. The van der Waals surface area contributed by atoms with E-state index in [9.17, 15) is 0 Å². The minimum Gasteiger partial charge on any atom is -0.497 e. The molecule has 0 bridgehead atoms. The van der Waals surface area contributed by atoms with E-state index in [1.807, 2.05) is 36.4 Å². The Hall–Kier alpha value is -3.15. The van der Waals surface area contributed by atoms with Crippen LogP contribution < -0.4 is 15.4 Å². The number of rotatable bonds is 5. The lowest BCUT2D eigenvalue weighted by Gasteiger charge is -2.09. The molecule has 0 amide bonds. The molecule has 0 fully saturated rings. The van der Waals surface area contributed by atoms with Gasteiger partial charge in [-0.2, -0.15) is 10.1 Å². The second kappa shape index (κ2) is 6.95. The van der Waals surface area contributed by atoms with Gasteiger partial charge in [0.05, 0.1) is 13.3 Å². The molecule has 0 atom stereocenters. The average molecular weight is 321 g/mol. The molecule has 3 rings (SSSR count). The van der Waals surface area contributed by atoms with E-state index in [1.54, 1.807) is 13.3 Å². The SMILES string of the molecule is COc1ccc(Nc2cnnc(Nc3cc(C)cc(C)c3)n2)cc1. The van der Waals surface area contributed by atoms with Crippen LogP contribution in [0.25, 0.3) is 0 Å². The molecule has 2 aromatic carbocycles. The minimum atomic E-state index is 0.443. The summed E-state index contributed by atoms with van der Waals surface area (Å²) in [4.78, 5) is 4.44. The quantitative estimate of drug-likeness (QED) is 0.740. The number of benzene rings is 2. The van der Waals surface area contributed by atoms with Crippen molar-refractivity contribution in [1.29, 1.82) is 0 Å². The van der Waals surface area contributed by atoms with E-state index in [0.717, 1.165) is 17.1 Å². The van der Waals surface area contributed by atoms with E-state index in [-0.39, 0.29) is 0 Å². The largest absolute Gasteiger partial charge is 0.497 e. The molecule has 1 aromatic heterocycles. The maximum Gasteiger partial charge on any atom is 0.249 e. The molecule has 0 saturated carbocycles. The fraction of sp³-hybridized carbons (Fsp3) is 0.167. The highest BCUT2D eigenvalue weighted by Gasteiger charge is 2.03. The standard InChI is InChI=1S/C18H19N5O/c1-12-8-13(2)10-15(9-12)21-18-22-17(11-19-23-18)20-14-4-6-16(24-3)7-5-14/h4-11H,1-3H3,(H2,20,21,22,23). The van der Waals surface area contributed by atoms with E-state index < -0.39 is 0 Å². The van der Waals surface area contributed by atoms with E-state index in [1.165, 1.54) is 11.1 Å². The third kappa shape index (κ3) is 3.98. The van der Waals surface area contributed by atoms with Gasteiger partial charge in [0.25, 0.3) is 0 Å². The average Bonchev–Trinajstić information content (AvgIpc) is 2.55.